The fraction of sp³-hybridized carbons (Fsp3) is 0.250. The molecule has 0 spiro atoms. The molecular formula is C8H12O. The molecule has 0 amide bonds. The fourth-order valence-electron chi connectivity index (χ4n) is 0.472. The monoisotopic (exact) mass is 124 g/mol. The Labute approximate surface area is 56.0 Å². The molecular weight excluding hydrogens is 112 g/mol. The standard InChI is InChI=1S/C8H12O/c1-4-5-8(6-9)7(2)3/h4-5,9H,1-2,6H2,3H3/b8-5-. The predicted octanol–water partition coefficient (Wildman–Crippen LogP) is 1.67. The lowest BCUT2D eigenvalue weighted by Gasteiger charge is -1.98. The zero-order valence-corrected chi connectivity index (χ0v) is 5.72. The summed E-state index contributed by atoms with van der Waals surface area (Å²) < 4.78 is 0. The molecule has 0 aromatic rings. The van der Waals surface area contributed by atoms with Gasteiger partial charge in [-0.05, 0) is 12.5 Å². The molecule has 0 aromatic carbocycles. The molecule has 0 saturated carbocycles. The lowest BCUT2D eigenvalue weighted by molar-refractivity contribution is 0.333. The topological polar surface area (TPSA) is 20.2 Å². The van der Waals surface area contributed by atoms with Crippen molar-refractivity contribution < 1.29 is 5.11 Å². The molecule has 0 fully saturated rings. The van der Waals surface area contributed by atoms with Crippen LogP contribution in [0.15, 0.2) is 36.5 Å². The van der Waals surface area contributed by atoms with Crippen molar-refractivity contribution in [3.05, 3.63) is 36.5 Å². The van der Waals surface area contributed by atoms with Gasteiger partial charge in [-0.3, -0.25) is 0 Å². The maximum absolute atomic E-state index is 8.65. The Balaban J connectivity index is 4.14. The summed E-state index contributed by atoms with van der Waals surface area (Å²) in [6.07, 6.45) is 3.39. The van der Waals surface area contributed by atoms with Crippen LogP contribution in [0, 0.1) is 0 Å². The number of allylic oxidation sites excluding steroid dienone is 2. The Bertz CT molecular complexity index is 143. The molecule has 9 heavy (non-hydrogen) atoms. The van der Waals surface area contributed by atoms with E-state index in [2.05, 4.69) is 13.2 Å². The molecule has 0 saturated heterocycles. The first-order chi connectivity index (χ1) is 4.22. The smallest absolute Gasteiger partial charge is 0.0684 e. The molecule has 0 bridgehead atoms. The van der Waals surface area contributed by atoms with Crippen LogP contribution in [0.1, 0.15) is 6.92 Å². The van der Waals surface area contributed by atoms with E-state index in [4.69, 9.17) is 5.11 Å². The largest absolute Gasteiger partial charge is 0.392 e. The quantitative estimate of drug-likeness (QED) is 0.567. The first-order valence-corrected chi connectivity index (χ1v) is 2.80. The summed E-state index contributed by atoms with van der Waals surface area (Å²) in [6, 6.07) is 0. The van der Waals surface area contributed by atoms with Crippen molar-refractivity contribution in [1.29, 1.82) is 0 Å². The van der Waals surface area contributed by atoms with E-state index in [-0.39, 0.29) is 6.61 Å². The number of hydrogen-bond acceptors (Lipinski definition) is 1. The van der Waals surface area contributed by atoms with E-state index >= 15 is 0 Å². The number of rotatable bonds is 3. The van der Waals surface area contributed by atoms with Gasteiger partial charge in [-0.2, -0.15) is 0 Å². The zero-order chi connectivity index (χ0) is 7.28. The Hall–Kier alpha value is -0.820. The molecule has 0 atom stereocenters. The second kappa shape index (κ2) is 4.10. The van der Waals surface area contributed by atoms with Crippen molar-refractivity contribution in [3.8, 4) is 0 Å². The third-order valence-electron chi connectivity index (χ3n) is 1.04. The first kappa shape index (κ1) is 8.18. The average molecular weight is 124 g/mol. The predicted molar refractivity (Wildman–Crippen MR) is 40.2 cm³/mol. The van der Waals surface area contributed by atoms with Crippen LogP contribution in [0.2, 0.25) is 0 Å². The summed E-state index contributed by atoms with van der Waals surface area (Å²) in [6.45, 7) is 9.07. The van der Waals surface area contributed by atoms with Gasteiger partial charge in [0.1, 0.15) is 0 Å². The third-order valence-corrected chi connectivity index (χ3v) is 1.04. The molecule has 1 heteroatoms. The number of hydrogen-bond donors (Lipinski definition) is 1. The summed E-state index contributed by atoms with van der Waals surface area (Å²) >= 11 is 0. The highest BCUT2D eigenvalue weighted by Crippen LogP contribution is 2.04. The third kappa shape index (κ3) is 2.88. The highest BCUT2D eigenvalue weighted by atomic mass is 16.3. The van der Waals surface area contributed by atoms with E-state index in [1.807, 2.05) is 6.92 Å². The van der Waals surface area contributed by atoms with Gasteiger partial charge in [-0.1, -0.05) is 30.9 Å². The van der Waals surface area contributed by atoms with Crippen LogP contribution in [0.3, 0.4) is 0 Å². The second-order valence-corrected chi connectivity index (χ2v) is 1.87. The van der Waals surface area contributed by atoms with E-state index in [1.54, 1.807) is 12.2 Å². The number of aliphatic hydroxyl groups is 1. The van der Waals surface area contributed by atoms with Gasteiger partial charge in [-0.25, -0.2) is 0 Å². The van der Waals surface area contributed by atoms with Crippen LogP contribution in [0.4, 0.5) is 0 Å². The summed E-state index contributed by atoms with van der Waals surface area (Å²) in [4.78, 5) is 0. The Morgan fingerprint density at radius 1 is 1.67 bits per heavy atom. The van der Waals surface area contributed by atoms with Gasteiger partial charge in [0, 0.05) is 0 Å². The molecule has 50 valence electrons. The van der Waals surface area contributed by atoms with E-state index in [0.29, 0.717) is 0 Å². The van der Waals surface area contributed by atoms with Gasteiger partial charge in [0.25, 0.3) is 0 Å². The van der Waals surface area contributed by atoms with E-state index in [0.717, 1.165) is 11.1 Å². The molecule has 0 rings (SSSR count). The minimum atomic E-state index is 0.0430. The molecule has 0 unspecified atom stereocenters. The highest BCUT2D eigenvalue weighted by Gasteiger charge is 1.90. The summed E-state index contributed by atoms with van der Waals surface area (Å²) in [5, 5.41) is 8.65. The summed E-state index contributed by atoms with van der Waals surface area (Å²) in [5.41, 5.74) is 1.72. The lowest BCUT2D eigenvalue weighted by Crippen LogP contribution is -1.89. The van der Waals surface area contributed by atoms with Crippen molar-refractivity contribution >= 4 is 0 Å². The Morgan fingerprint density at radius 3 is 2.33 bits per heavy atom. The van der Waals surface area contributed by atoms with Gasteiger partial charge in [0.15, 0.2) is 0 Å². The lowest BCUT2D eigenvalue weighted by atomic mass is 10.1. The highest BCUT2D eigenvalue weighted by molar-refractivity contribution is 5.29. The molecule has 0 aliphatic heterocycles. The van der Waals surface area contributed by atoms with Crippen molar-refractivity contribution in [2.45, 2.75) is 6.92 Å². The van der Waals surface area contributed by atoms with E-state index in [9.17, 15) is 0 Å². The maximum Gasteiger partial charge on any atom is 0.0684 e. The minimum Gasteiger partial charge on any atom is -0.392 e. The normalized spacial score (nSPS) is 11.1. The molecule has 0 heterocycles. The molecule has 0 aliphatic rings. The van der Waals surface area contributed by atoms with E-state index < -0.39 is 0 Å². The maximum atomic E-state index is 8.65. The van der Waals surface area contributed by atoms with Crippen molar-refractivity contribution in [3.63, 3.8) is 0 Å². The first-order valence-electron chi connectivity index (χ1n) is 2.80. The second-order valence-electron chi connectivity index (χ2n) is 1.87. The van der Waals surface area contributed by atoms with Crippen molar-refractivity contribution in [2.24, 2.45) is 0 Å². The SMILES string of the molecule is C=C/C=C(/CO)C(=C)C. The van der Waals surface area contributed by atoms with Gasteiger partial charge < -0.3 is 5.11 Å². The molecule has 0 aliphatic carbocycles. The van der Waals surface area contributed by atoms with Crippen LogP contribution in [0.25, 0.3) is 0 Å². The van der Waals surface area contributed by atoms with Crippen LogP contribution in [-0.4, -0.2) is 11.7 Å². The fourth-order valence-corrected chi connectivity index (χ4v) is 0.472. The number of aliphatic hydroxyl groups excluding tert-OH is 1. The van der Waals surface area contributed by atoms with E-state index in [1.165, 1.54) is 0 Å². The summed E-state index contributed by atoms with van der Waals surface area (Å²) in [7, 11) is 0. The van der Waals surface area contributed by atoms with Gasteiger partial charge in [-0.15, -0.1) is 0 Å². The van der Waals surface area contributed by atoms with Crippen LogP contribution in [0.5, 0.6) is 0 Å². The van der Waals surface area contributed by atoms with Crippen molar-refractivity contribution in [2.75, 3.05) is 6.61 Å². The van der Waals surface area contributed by atoms with Crippen LogP contribution in [-0.2, 0) is 0 Å². The molecule has 0 radical (unpaired) electrons. The molecule has 1 N–H and O–H groups in total. The Kier molecular flexibility index (Phi) is 3.72. The average Bonchev–Trinajstić information content (AvgIpc) is 1.82. The van der Waals surface area contributed by atoms with Gasteiger partial charge in [0.05, 0.1) is 6.61 Å². The zero-order valence-electron chi connectivity index (χ0n) is 5.72. The summed E-state index contributed by atoms with van der Waals surface area (Å²) in [5.74, 6) is 0. The van der Waals surface area contributed by atoms with Gasteiger partial charge >= 0.3 is 0 Å². The van der Waals surface area contributed by atoms with Crippen LogP contribution < -0.4 is 0 Å². The minimum absolute atomic E-state index is 0.0430. The van der Waals surface area contributed by atoms with Crippen molar-refractivity contribution in [1.82, 2.24) is 0 Å². The molecule has 1 nitrogen and oxygen atoms in total. The van der Waals surface area contributed by atoms with Crippen LogP contribution >= 0.6 is 0 Å². The Morgan fingerprint density at radius 2 is 2.22 bits per heavy atom. The van der Waals surface area contributed by atoms with Gasteiger partial charge in [0.2, 0.25) is 0 Å². The molecule has 0 aromatic heterocycles.